The number of hydrogen-bond acceptors (Lipinski definition) is 5. The molecule has 116 valence electrons. The lowest BCUT2D eigenvalue weighted by atomic mass is 10.1. The van der Waals surface area contributed by atoms with Gasteiger partial charge in [0, 0.05) is 26.8 Å². The minimum absolute atomic E-state index is 0.112. The van der Waals surface area contributed by atoms with Gasteiger partial charge in [0.25, 0.3) is 11.6 Å². The lowest BCUT2D eigenvalue weighted by Crippen LogP contribution is -2.41. The van der Waals surface area contributed by atoms with E-state index in [-0.39, 0.29) is 28.9 Å². The molecule has 1 amide bonds. The topological polar surface area (TPSA) is 84.7 Å². The summed E-state index contributed by atoms with van der Waals surface area (Å²) in [6.45, 7) is 4.64. The standard InChI is InChI=1S/C14H21N3O4/c1-5-16(10(2)9-21-4)14(18)11-7-6-8-12(17(19)20)13(11)15-3/h6-8,10,15H,5,9H2,1-4H3. The van der Waals surface area contributed by atoms with Gasteiger partial charge in [0.1, 0.15) is 5.69 Å². The monoisotopic (exact) mass is 295 g/mol. The van der Waals surface area contributed by atoms with E-state index in [1.165, 1.54) is 12.1 Å². The Hall–Kier alpha value is -2.15. The minimum atomic E-state index is -0.502. The molecule has 0 heterocycles. The van der Waals surface area contributed by atoms with Crippen LogP contribution in [0.3, 0.4) is 0 Å². The van der Waals surface area contributed by atoms with Gasteiger partial charge in [-0.2, -0.15) is 0 Å². The van der Waals surface area contributed by atoms with Gasteiger partial charge in [0.2, 0.25) is 0 Å². The zero-order valence-electron chi connectivity index (χ0n) is 12.8. The number of rotatable bonds is 7. The number of carbonyl (C=O) groups is 1. The van der Waals surface area contributed by atoms with Crippen molar-refractivity contribution in [1.82, 2.24) is 4.90 Å². The number of hydrogen-bond donors (Lipinski definition) is 1. The molecule has 0 aliphatic carbocycles. The smallest absolute Gasteiger partial charge is 0.293 e. The van der Waals surface area contributed by atoms with Gasteiger partial charge in [-0.3, -0.25) is 14.9 Å². The third kappa shape index (κ3) is 3.69. The Bertz CT molecular complexity index is 519. The van der Waals surface area contributed by atoms with Crippen LogP contribution >= 0.6 is 0 Å². The quantitative estimate of drug-likeness (QED) is 0.615. The molecule has 1 rings (SSSR count). The van der Waals surface area contributed by atoms with Gasteiger partial charge in [0.05, 0.1) is 23.1 Å². The fraction of sp³-hybridized carbons (Fsp3) is 0.500. The van der Waals surface area contributed by atoms with Crippen LogP contribution in [0.25, 0.3) is 0 Å². The number of carbonyl (C=O) groups excluding carboxylic acids is 1. The number of anilines is 1. The molecule has 1 aromatic carbocycles. The van der Waals surface area contributed by atoms with Crippen molar-refractivity contribution < 1.29 is 14.5 Å². The molecule has 1 N–H and O–H groups in total. The van der Waals surface area contributed by atoms with E-state index in [9.17, 15) is 14.9 Å². The molecule has 0 bridgehead atoms. The number of likely N-dealkylation sites (N-methyl/N-ethyl adjacent to an activating group) is 1. The van der Waals surface area contributed by atoms with Crippen LogP contribution in [0.15, 0.2) is 18.2 Å². The Morgan fingerprint density at radius 2 is 2.19 bits per heavy atom. The molecule has 0 aliphatic heterocycles. The molecule has 0 aliphatic rings. The highest BCUT2D eigenvalue weighted by atomic mass is 16.6. The first-order chi connectivity index (χ1) is 9.97. The Labute approximate surface area is 124 Å². The van der Waals surface area contributed by atoms with E-state index in [4.69, 9.17) is 4.74 Å². The van der Waals surface area contributed by atoms with E-state index < -0.39 is 4.92 Å². The van der Waals surface area contributed by atoms with Crippen molar-refractivity contribution in [3.63, 3.8) is 0 Å². The molecule has 0 radical (unpaired) electrons. The van der Waals surface area contributed by atoms with E-state index in [0.29, 0.717) is 13.2 Å². The number of amides is 1. The molecule has 0 aromatic heterocycles. The molecule has 7 heteroatoms. The van der Waals surface area contributed by atoms with Crippen molar-refractivity contribution in [2.45, 2.75) is 19.9 Å². The lowest BCUT2D eigenvalue weighted by molar-refractivity contribution is -0.384. The van der Waals surface area contributed by atoms with E-state index in [2.05, 4.69) is 5.32 Å². The van der Waals surface area contributed by atoms with Crippen molar-refractivity contribution >= 4 is 17.3 Å². The van der Waals surface area contributed by atoms with Crippen LogP contribution in [0.2, 0.25) is 0 Å². The van der Waals surface area contributed by atoms with Crippen LogP contribution in [-0.4, -0.2) is 49.1 Å². The summed E-state index contributed by atoms with van der Waals surface area (Å²) in [5.74, 6) is -0.255. The highest BCUT2D eigenvalue weighted by molar-refractivity contribution is 6.01. The second kappa shape index (κ2) is 7.58. The van der Waals surface area contributed by atoms with Crippen LogP contribution in [0.5, 0.6) is 0 Å². The summed E-state index contributed by atoms with van der Waals surface area (Å²) in [7, 11) is 3.13. The largest absolute Gasteiger partial charge is 0.383 e. The van der Waals surface area contributed by atoms with Crippen molar-refractivity contribution in [3.05, 3.63) is 33.9 Å². The molecular weight excluding hydrogens is 274 g/mol. The van der Waals surface area contributed by atoms with E-state index in [0.717, 1.165) is 0 Å². The number of nitrogens with one attached hydrogen (secondary N) is 1. The predicted molar refractivity (Wildman–Crippen MR) is 80.7 cm³/mol. The Balaban J connectivity index is 3.22. The summed E-state index contributed by atoms with van der Waals surface area (Å²) in [6, 6.07) is 4.36. The predicted octanol–water partition coefficient (Wildman–Crippen LogP) is 2.13. The first-order valence-electron chi connectivity index (χ1n) is 6.72. The first kappa shape index (κ1) is 16.9. The van der Waals surface area contributed by atoms with Crippen molar-refractivity contribution in [3.8, 4) is 0 Å². The van der Waals surface area contributed by atoms with Crippen LogP contribution in [-0.2, 0) is 4.74 Å². The second-order valence-corrected chi connectivity index (χ2v) is 4.60. The summed E-state index contributed by atoms with van der Waals surface area (Å²) in [5, 5.41) is 13.8. The zero-order chi connectivity index (χ0) is 16.0. The maximum absolute atomic E-state index is 12.7. The normalized spacial score (nSPS) is 11.8. The molecule has 1 aromatic rings. The number of nitro benzene ring substituents is 1. The Morgan fingerprint density at radius 3 is 2.67 bits per heavy atom. The van der Waals surface area contributed by atoms with Crippen molar-refractivity contribution in [1.29, 1.82) is 0 Å². The fourth-order valence-electron chi connectivity index (χ4n) is 2.27. The van der Waals surface area contributed by atoms with E-state index >= 15 is 0 Å². The fourth-order valence-corrected chi connectivity index (χ4v) is 2.27. The summed E-state index contributed by atoms with van der Waals surface area (Å²) in [5.41, 5.74) is 0.408. The molecule has 7 nitrogen and oxygen atoms in total. The molecule has 0 saturated carbocycles. The number of ether oxygens (including phenoxy) is 1. The highest BCUT2D eigenvalue weighted by Crippen LogP contribution is 2.29. The van der Waals surface area contributed by atoms with E-state index in [1.807, 2.05) is 13.8 Å². The van der Waals surface area contributed by atoms with Gasteiger partial charge in [-0.15, -0.1) is 0 Å². The Morgan fingerprint density at radius 1 is 1.52 bits per heavy atom. The number of benzene rings is 1. The maximum Gasteiger partial charge on any atom is 0.293 e. The van der Waals surface area contributed by atoms with E-state index in [1.54, 1.807) is 25.1 Å². The summed E-state index contributed by atoms with van der Waals surface area (Å²) in [4.78, 5) is 24.8. The summed E-state index contributed by atoms with van der Waals surface area (Å²) in [6.07, 6.45) is 0. The lowest BCUT2D eigenvalue weighted by Gasteiger charge is -2.28. The number of methoxy groups -OCH3 is 1. The Kier molecular flexibility index (Phi) is 6.10. The number of nitrogens with zero attached hydrogens (tertiary/aromatic N) is 2. The minimum Gasteiger partial charge on any atom is -0.383 e. The van der Waals surface area contributed by atoms with Crippen LogP contribution in [0.1, 0.15) is 24.2 Å². The first-order valence-corrected chi connectivity index (χ1v) is 6.72. The zero-order valence-corrected chi connectivity index (χ0v) is 12.8. The number of para-hydroxylation sites is 1. The highest BCUT2D eigenvalue weighted by Gasteiger charge is 2.26. The molecule has 0 saturated heterocycles. The summed E-state index contributed by atoms with van der Waals surface area (Å²) >= 11 is 0. The molecule has 1 unspecified atom stereocenters. The van der Waals surface area contributed by atoms with Gasteiger partial charge in [-0.1, -0.05) is 6.07 Å². The van der Waals surface area contributed by atoms with Gasteiger partial charge in [0.15, 0.2) is 0 Å². The molecule has 21 heavy (non-hydrogen) atoms. The van der Waals surface area contributed by atoms with Gasteiger partial charge in [-0.25, -0.2) is 0 Å². The van der Waals surface area contributed by atoms with Crippen LogP contribution < -0.4 is 5.32 Å². The third-order valence-corrected chi connectivity index (χ3v) is 3.26. The molecule has 1 atom stereocenters. The average molecular weight is 295 g/mol. The van der Waals surface area contributed by atoms with Crippen LogP contribution in [0, 0.1) is 10.1 Å². The molecule has 0 fully saturated rings. The maximum atomic E-state index is 12.7. The summed E-state index contributed by atoms with van der Waals surface area (Å²) < 4.78 is 5.07. The molecule has 0 spiro atoms. The SMILES string of the molecule is CCN(C(=O)c1cccc([N+](=O)[O-])c1NC)C(C)COC. The van der Waals surface area contributed by atoms with Crippen LogP contribution in [0.4, 0.5) is 11.4 Å². The van der Waals surface area contributed by atoms with Gasteiger partial charge in [-0.05, 0) is 19.9 Å². The van der Waals surface area contributed by atoms with Gasteiger partial charge >= 0.3 is 0 Å². The van der Waals surface area contributed by atoms with Gasteiger partial charge < -0.3 is 15.0 Å². The molecular formula is C14H21N3O4. The third-order valence-electron chi connectivity index (χ3n) is 3.26. The number of nitro groups is 1. The average Bonchev–Trinajstić information content (AvgIpc) is 2.47. The second-order valence-electron chi connectivity index (χ2n) is 4.60. The van der Waals surface area contributed by atoms with Crippen molar-refractivity contribution in [2.75, 3.05) is 32.6 Å². The van der Waals surface area contributed by atoms with Crippen molar-refractivity contribution in [2.24, 2.45) is 0 Å².